The standard InChI is InChI=1S/C22H31FN4O3.C22H27FN4O3/c1-21(2,3)30-20(29)25-12-9-22(4,14-25)26-10-7-16(8-11-26)27-18-6-5-15(23)13-17(18)24-19(27)28;1-3-4-13-30-21(29)25-12-9-22(2,15-25)26-10-7-17(8-11-26)27-19-6-5-16(23)14-18(19)24-20(27)28/h5-6,13,16H,7-12,14H2,1-4H3,(H,24,28);5-6,14,17H,7-13,15H2,1-2H3,(H,24,28). The molecule has 4 aromatic rings. The molecule has 0 radical (unpaired) electrons. The zero-order valence-corrected chi connectivity index (χ0v) is 35.6. The summed E-state index contributed by atoms with van der Waals surface area (Å²) in [5.41, 5.74) is 1.52. The Morgan fingerprint density at radius 2 is 1.17 bits per heavy atom. The molecular formula is C44H58F2N8O6. The van der Waals surface area contributed by atoms with Crippen molar-refractivity contribution in [1.82, 2.24) is 38.7 Å². The van der Waals surface area contributed by atoms with Crippen LogP contribution in [0, 0.1) is 23.5 Å². The third-order valence-corrected chi connectivity index (χ3v) is 12.8. The van der Waals surface area contributed by atoms with E-state index < -0.39 is 5.60 Å². The second kappa shape index (κ2) is 17.1. The first-order chi connectivity index (χ1) is 28.5. The normalized spacial score (nSPS) is 23.4. The predicted molar refractivity (Wildman–Crippen MR) is 225 cm³/mol. The first kappa shape index (κ1) is 43.0. The molecule has 0 bridgehead atoms. The van der Waals surface area contributed by atoms with E-state index in [1.165, 1.54) is 24.3 Å². The van der Waals surface area contributed by atoms with Crippen LogP contribution in [0.4, 0.5) is 18.4 Å². The van der Waals surface area contributed by atoms with Gasteiger partial charge in [0.25, 0.3) is 0 Å². The molecule has 2 aromatic carbocycles. The van der Waals surface area contributed by atoms with Crippen molar-refractivity contribution >= 4 is 34.3 Å². The van der Waals surface area contributed by atoms with Crippen molar-refractivity contribution in [3.63, 3.8) is 0 Å². The number of H-pyrrole nitrogens is 2. The van der Waals surface area contributed by atoms with Crippen LogP contribution in [0.3, 0.4) is 0 Å². The SMILES string of the molecule is CC#CCOC(=O)N1CCC(C)(N2CCC(n3c(=O)[nH]c4cc(F)ccc43)CC2)C1.CC(C)(C)OC(=O)N1CCC(C)(N2CCC(n3c(=O)[nH]c4cc(F)ccc43)CC2)C1. The summed E-state index contributed by atoms with van der Waals surface area (Å²) in [5.74, 6) is 4.75. The Hall–Kier alpha value is -5.14. The van der Waals surface area contributed by atoms with E-state index in [1.807, 2.05) is 20.8 Å². The number of halogens is 2. The quantitative estimate of drug-likeness (QED) is 0.226. The van der Waals surface area contributed by atoms with Crippen LogP contribution in [0.2, 0.25) is 0 Å². The highest BCUT2D eigenvalue weighted by Crippen LogP contribution is 2.36. The molecule has 2 atom stereocenters. The van der Waals surface area contributed by atoms with Crippen LogP contribution in [-0.4, -0.2) is 127 Å². The van der Waals surface area contributed by atoms with E-state index in [0.29, 0.717) is 37.2 Å². The van der Waals surface area contributed by atoms with Gasteiger partial charge in [0.05, 0.1) is 22.1 Å². The molecule has 0 spiro atoms. The van der Waals surface area contributed by atoms with Gasteiger partial charge in [0.1, 0.15) is 17.2 Å². The molecule has 4 saturated heterocycles. The molecule has 4 aliphatic rings. The first-order valence-electron chi connectivity index (χ1n) is 21.1. The number of hydrogen-bond donors (Lipinski definition) is 2. The number of hydrogen-bond acceptors (Lipinski definition) is 8. The fourth-order valence-corrected chi connectivity index (χ4v) is 9.57. The lowest BCUT2D eigenvalue weighted by Gasteiger charge is -2.43. The Morgan fingerprint density at radius 1 is 0.733 bits per heavy atom. The van der Waals surface area contributed by atoms with Gasteiger partial charge in [-0.1, -0.05) is 5.92 Å². The summed E-state index contributed by atoms with van der Waals surface area (Å²) in [7, 11) is 0. The molecule has 2 unspecified atom stereocenters. The molecule has 4 aliphatic heterocycles. The van der Waals surface area contributed by atoms with Crippen LogP contribution in [0.25, 0.3) is 22.1 Å². The van der Waals surface area contributed by atoms with Gasteiger partial charge in [-0.05, 0) is 116 Å². The minimum absolute atomic E-state index is 0.0756. The van der Waals surface area contributed by atoms with Crippen molar-refractivity contribution in [3.8, 4) is 11.8 Å². The molecule has 4 fully saturated rings. The molecule has 0 aliphatic carbocycles. The molecule has 14 nitrogen and oxygen atoms in total. The van der Waals surface area contributed by atoms with Crippen LogP contribution in [0.15, 0.2) is 46.0 Å². The lowest BCUT2D eigenvalue weighted by Crippen LogP contribution is -2.52. The molecule has 0 saturated carbocycles. The highest BCUT2D eigenvalue weighted by atomic mass is 19.1. The largest absolute Gasteiger partial charge is 0.444 e. The minimum Gasteiger partial charge on any atom is -0.444 e. The number of piperidine rings is 2. The second-order valence-corrected chi connectivity index (χ2v) is 18.2. The zero-order chi connectivity index (χ0) is 43.0. The minimum atomic E-state index is -0.496. The second-order valence-electron chi connectivity index (χ2n) is 18.2. The van der Waals surface area contributed by atoms with Gasteiger partial charge < -0.3 is 29.2 Å². The van der Waals surface area contributed by atoms with E-state index in [2.05, 4.69) is 45.5 Å². The monoisotopic (exact) mass is 832 g/mol. The Bertz CT molecular complexity index is 2390. The molecule has 60 heavy (non-hydrogen) atoms. The third-order valence-electron chi connectivity index (χ3n) is 12.8. The summed E-state index contributed by atoms with van der Waals surface area (Å²) in [6.45, 7) is 17.9. The van der Waals surface area contributed by atoms with Gasteiger partial charge in [0.2, 0.25) is 0 Å². The lowest BCUT2D eigenvalue weighted by atomic mass is 9.94. The average Bonchev–Trinajstić information content (AvgIpc) is 3.97. The summed E-state index contributed by atoms with van der Waals surface area (Å²) >= 11 is 0. The van der Waals surface area contributed by atoms with Crippen molar-refractivity contribution in [1.29, 1.82) is 0 Å². The molecule has 324 valence electrons. The highest BCUT2D eigenvalue weighted by molar-refractivity contribution is 5.76. The maximum atomic E-state index is 13.5. The number of carbonyl (C=O) groups is 2. The van der Waals surface area contributed by atoms with Crippen molar-refractivity contribution in [3.05, 3.63) is 69.0 Å². The molecule has 2 aromatic heterocycles. The maximum absolute atomic E-state index is 13.5. The van der Waals surface area contributed by atoms with Crippen molar-refractivity contribution in [2.75, 3.05) is 59.0 Å². The van der Waals surface area contributed by atoms with E-state index >= 15 is 0 Å². The van der Waals surface area contributed by atoms with Gasteiger partial charge in [0, 0.05) is 75.5 Å². The molecular weight excluding hydrogens is 775 g/mol. The number of nitrogens with one attached hydrogen (secondary N) is 2. The van der Waals surface area contributed by atoms with Crippen LogP contribution >= 0.6 is 0 Å². The summed E-state index contributed by atoms with van der Waals surface area (Å²) < 4.78 is 41.2. The Balaban J connectivity index is 0.000000181. The maximum Gasteiger partial charge on any atom is 0.410 e. The summed E-state index contributed by atoms with van der Waals surface area (Å²) in [4.78, 5) is 63.6. The fourth-order valence-electron chi connectivity index (χ4n) is 9.57. The molecule has 2 amide bonds. The van der Waals surface area contributed by atoms with Crippen LogP contribution in [-0.2, 0) is 9.47 Å². The van der Waals surface area contributed by atoms with Gasteiger partial charge in [-0.3, -0.25) is 18.9 Å². The Kier molecular flexibility index (Phi) is 12.2. The van der Waals surface area contributed by atoms with Crippen LogP contribution in [0.5, 0.6) is 0 Å². The fraction of sp³-hybridized carbons (Fsp3) is 0.591. The molecule has 16 heteroatoms. The topological polar surface area (TPSA) is 141 Å². The average molecular weight is 833 g/mol. The van der Waals surface area contributed by atoms with Gasteiger partial charge in [-0.2, -0.15) is 0 Å². The molecule has 6 heterocycles. The summed E-state index contributed by atoms with van der Waals surface area (Å²) in [6.07, 6.45) is 4.57. The van der Waals surface area contributed by atoms with Crippen LogP contribution < -0.4 is 11.4 Å². The predicted octanol–water partition coefficient (Wildman–Crippen LogP) is 6.24. The van der Waals surface area contributed by atoms with Crippen molar-refractivity contribution in [2.24, 2.45) is 0 Å². The number of ether oxygens (including phenoxy) is 2. The van der Waals surface area contributed by atoms with E-state index in [9.17, 15) is 28.0 Å². The van der Waals surface area contributed by atoms with Gasteiger partial charge in [-0.15, -0.1) is 5.92 Å². The number of aromatic amines is 2. The summed E-state index contributed by atoms with van der Waals surface area (Å²) in [5, 5.41) is 0. The number of fused-ring (bicyclic) bond motifs is 2. The van der Waals surface area contributed by atoms with Crippen molar-refractivity contribution in [2.45, 2.75) is 109 Å². The van der Waals surface area contributed by atoms with Gasteiger partial charge in [0.15, 0.2) is 6.61 Å². The third kappa shape index (κ3) is 9.12. The van der Waals surface area contributed by atoms with Gasteiger partial charge in [-0.25, -0.2) is 28.0 Å². The lowest BCUT2D eigenvalue weighted by molar-refractivity contribution is 0.0221. The number of amides is 2. The number of benzene rings is 2. The van der Waals surface area contributed by atoms with E-state index in [-0.39, 0.29) is 65.0 Å². The molecule has 2 N–H and O–H groups in total. The number of aromatic nitrogens is 4. The molecule has 8 rings (SSSR count). The highest BCUT2D eigenvalue weighted by Gasteiger charge is 2.44. The first-order valence-corrected chi connectivity index (χ1v) is 21.1. The van der Waals surface area contributed by atoms with Crippen LogP contribution in [0.1, 0.15) is 92.2 Å². The smallest absolute Gasteiger partial charge is 0.410 e. The van der Waals surface area contributed by atoms with E-state index in [0.717, 1.165) is 75.7 Å². The Morgan fingerprint density at radius 3 is 1.58 bits per heavy atom. The van der Waals surface area contributed by atoms with Crippen molar-refractivity contribution < 1.29 is 27.8 Å². The van der Waals surface area contributed by atoms with Gasteiger partial charge >= 0.3 is 23.6 Å². The Labute approximate surface area is 348 Å². The number of likely N-dealkylation sites (tertiary alicyclic amines) is 4. The number of nitrogens with zero attached hydrogens (tertiary/aromatic N) is 6. The van der Waals surface area contributed by atoms with E-state index in [4.69, 9.17) is 9.47 Å². The number of imidazole rings is 2. The zero-order valence-electron chi connectivity index (χ0n) is 35.6. The summed E-state index contributed by atoms with van der Waals surface area (Å²) in [6, 6.07) is 9.01. The number of rotatable bonds is 5. The number of carbonyl (C=O) groups excluding carboxylic acids is 2. The van der Waals surface area contributed by atoms with E-state index in [1.54, 1.807) is 38.0 Å².